The van der Waals surface area contributed by atoms with E-state index in [0.29, 0.717) is 5.75 Å². The van der Waals surface area contributed by atoms with Crippen molar-refractivity contribution in [3.05, 3.63) is 30.0 Å². The van der Waals surface area contributed by atoms with Crippen LogP contribution in [0.1, 0.15) is 5.56 Å². The SMILES string of the molecule is CN(C)CCc1c[nH]c2cccc(OC(=O)CS(C)(=O)=O)c12. The van der Waals surface area contributed by atoms with Gasteiger partial charge in [0.2, 0.25) is 0 Å². The first-order valence-electron chi connectivity index (χ1n) is 6.88. The molecule has 2 aromatic rings. The van der Waals surface area contributed by atoms with Crippen molar-refractivity contribution in [2.75, 3.05) is 32.6 Å². The third-order valence-corrected chi connectivity index (χ3v) is 3.94. The van der Waals surface area contributed by atoms with E-state index in [1.807, 2.05) is 26.4 Å². The Morgan fingerprint density at radius 2 is 2.05 bits per heavy atom. The largest absolute Gasteiger partial charge is 0.425 e. The van der Waals surface area contributed by atoms with Crippen LogP contribution in [0.3, 0.4) is 0 Å². The van der Waals surface area contributed by atoms with Crippen molar-refractivity contribution in [1.82, 2.24) is 9.88 Å². The zero-order chi connectivity index (χ0) is 16.3. The van der Waals surface area contributed by atoms with Crippen LogP contribution < -0.4 is 4.74 Å². The van der Waals surface area contributed by atoms with Gasteiger partial charge < -0.3 is 14.6 Å². The van der Waals surface area contributed by atoms with E-state index < -0.39 is 21.6 Å². The fraction of sp³-hybridized carbons (Fsp3) is 0.400. The third kappa shape index (κ3) is 4.32. The van der Waals surface area contributed by atoms with Gasteiger partial charge in [-0.3, -0.25) is 4.79 Å². The molecule has 0 aliphatic carbocycles. The van der Waals surface area contributed by atoms with Gasteiger partial charge in [-0.2, -0.15) is 0 Å². The summed E-state index contributed by atoms with van der Waals surface area (Å²) in [6, 6.07) is 5.33. The number of aromatic amines is 1. The lowest BCUT2D eigenvalue weighted by Crippen LogP contribution is -2.20. The Morgan fingerprint density at radius 1 is 1.32 bits per heavy atom. The second kappa shape index (κ2) is 6.50. The lowest BCUT2D eigenvalue weighted by atomic mass is 10.1. The number of fused-ring (bicyclic) bond motifs is 1. The fourth-order valence-corrected chi connectivity index (χ4v) is 2.70. The first-order valence-corrected chi connectivity index (χ1v) is 8.94. The number of rotatable bonds is 6. The van der Waals surface area contributed by atoms with Crippen LogP contribution in [-0.4, -0.2) is 56.9 Å². The van der Waals surface area contributed by atoms with Crippen LogP contribution in [0.5, 0.6) is 5.75 Å². The topological polar surface area (TPSA) is 79.5 Å². The number of ether oxygens (including phenoxy) is 1. The maximum absolute atomic E-state index is 11.8. The smallest absolute Gasteiger partial charge is 0.326 e. The zero-order valence-corrected chi connectivity index (χ0v) is 13.7. The van der Waals surface area contributed by atoms with E-state index in [4.69, 9.17) is 4.74 Å². The van der Waals surface area contributed by atoms with Crippen molar-refractivity contribution in [2.24, 2.45) is 0 Å². The highest BCUT2D eigenvalue weighted by Crippen LogP contribution is 2.29. The quantitative estimate of drug-likeness (QED) is 0.638. The van der Waals surface area contributed by atoms with Gasteiger partial charge >= 0.3 is 5.97 Å². The van der Waals surface area contributed by atoms with Gasteiger partial charge in [0.1, 0.15) is 11.5 Å². The van der Waals surface area contributed by atoms with Gasteiger partial charge in [-0.05, 0) is 38.2 Å². The van der Waals surface area contributed by atoms with Gasteiger partial charge in [-0.1, -0.05) is 6.07 Å². The standard InChI is InChI=1S/C15H20N2O4S/c1-17(2)8-7-11-9-16-12-5-4-6-13(15(11)12)21-14(18)10-22(3,19)20/h4-6,9,16H,7-8,10H2,1-3H3. The molecule has 1 aromatic heterocycles. The van der Waals surface area contributed by atoms with Crippen LogP contribution in [0.25, 0.3) is 10.9 Å². The van der Waals surface area contributed by atoms with Gasteiger partial charge in [-0.15, -0.1) is 0 Å². The molecule has 0 bridgehead atoms. The normalized spacial score (nSPS) is 12.0. The maximum atomic E-state index is 11.8. The lowest BCUT2D eigenvalue weighted by molar-refractivity contribution is -0.131. The average molecular weight is 324 g/mol. The monoisotopic (exact) mass is 324 g/mol. The van der Waals surface area contributed by atoms with Crippen molar-refractivity contribution in [3.8, 4) is 5.75 Å². The number of carbonyl (C=O) groups excluding carboxylic acids is 1. The summed E-state index contributed by atoms with van der Waals surface area (Å²) in [7, 11) is 0.572. The Kier molecular flexibility index (Phi) is 4.87. The Labute approximate surface area is 130 Å². The number of nitrogens with one attached hydrogen (secondary N) is 1. The number of aromatic nitrogens is 1. The summed E-state index contributed by atoms with van der Waals surface area (Å²) in [4.78, 5) is 17.0. The molecule has 0 aliphatic rings. The number of benzene rings is 1. The number of likely N-dealkylation sites (N-methyl/N-ethyl adjacent to an activating group) is 1. The minimum atomic E-state index is -3.40. The predicted molar refractivity (Wildman–Crippen MR) is 85.9 cm³/mol. The highest BCUT2D eigenvalue weighted by atomic mass is 32.2. The van der Waals surface area contributed by atoms with Crippen LogP contribution >= 0.6 is 0 Å². The predicted octanol–water partition coefficient (Wildman–Crippen LogP) is 1.22. The van der Waals surface area contributed by atoms with E-state index in [-0.39, 0.29) is 0 Å². The second-order valence-electron chi connectivity index (χ2n) is 5.59. The van der Waals surface area contributed by atoms with Crippen molar-refractivity contribution < 1.29 is 17.9 Å². The molecule has 0 atom stereocenters. The molecular weight excluding hydrogens is 304 g/mol. The molecule has 0 fully saturated rings. The summed E-state index contributed by atoms with van der Waals surface area (Å²) in [6.45, 7) is 0.860. The van der Waals surface area contributed by atoms with Gasteiger partial charge in [0.15, 0.2) is 9.84 Å². The molecule has 0 radical (unpaired) electrons. The van der Waals surface area contributed by atoms with Crippen LogP contribution in [0.4, 0.5) is 0 Å². The van der Waals surface area contributed by atoms with Crippen molar-refractivity contribution >= 4 is 26.7 Å². The van der Waals surface area contributed by atoms with Crippen LogP contribution in [0, 0.1) is 0 Å². The molecule has 1 N–H and O–H groups in total. The lowest BCUT2D eigenvalue weighted by Gasteiger charge is -2.10. The number of sulfone groups is 1. The van der Waals surface area contributed by atoms with Gasteiger partial charge in [0.25, 0.3) is 0 Å². The van der Waals surface area contributed by atoms with Crippen LogP contribution in [0.2, 0.25) is 0 Å². The number of hydrogen-bond donors (Lipinski definition) is 1. The molecule has 22 heavy (non-hydrogen) atoms. The summed E-state index contributed by atoms with van der Waals surface area (Å²) >= 11 is 0. The molecule has 7 heteroatoms. The summed E-state index contributed by atoms with van der Waals surface area (Å²) in [5.74, 6) is -1.00. The van der Waals surface area contributed by atoms with Gasteiger partial charge in [-0.25, -0.2) is 8.42 Å². The Bertz CT molecular complexity index is 778. The van der Waals surface area contributed by atoms with Crippen molar-refractivity contribution in [2.45, 2.75) is 6.42 Å². The summed E-state index contributed by atoms with van der Waals surface area (Å²) in [5, 5.41) is 0.825. The minimum absolute atomic E-state index is 0.390. The number of H-pyrrole nitrogens is 1. The first kappa shape index (κ1) is 16.5. The maximum Gasteiger partial charge on any atom is 0.326 e. The molecule has 6 nitrogen and oxygen atoms in total. The molecule has 120 valence electrons. The van der Waals surface area contributed by atoms with E-state index in [1.54, 1.807) is 12.1 Å². The van der Waals surface area contributed by atoms with Crippen LogP contribution in [-0.2, 0) is 21.1 Å². The summed E-state index contributed by atoms with van der Waals surface area (Å²) in [5.41, 5.74) is 1.89. The number of hydrogen-bond acceptors (Lipinski definition) is 5. The first-order chi connectivity index (χ1) is 10.3. The van der Waals surface area contributed by atoms with Crippen molar-refractivity contribution in [3.63, 3.8) is 0 Å². The molecule has 0 aliphatic heterocycles. The van der Waals surface area contributed by atoms with Crippen LogP contribution in [0.15, 0.2) is 24.4 Å². The van der Waals surface area contributed by atoms with E-state index in [2.05, 4.69) is 9.88 Å². The molecule has 2 rings (SSSR count). The molecule has 1 aromatic carbocycles. The third-order valence-electron chi connectivity index (χ3n) is 3.18. The molecule has 0 amide bonds. The van der Waals surface area contributed by atoms with E-state index in [1.165, 1.54) is 0 Å². The summed E-state index contributed by atoms with van der Waals surface area (Å²) in [6.07, 6.45) is 3.70. The second-order valence-corrected chi connectivity index (χ2v) is 7.73. The molecule has 0 unspecified atom stereocenters. The minimum Gasteiger partial charge on any atom is -0.425 e. The molecule has 1 heterocycles. The van der Waals surface area contributed by atoms with Gasteiger partial charge in [0, 0.05) is 29.9 Å². The number of esters is 1. The van der Waals surface area contributed by atoms with E-state index in [0.717, 1.165) is 35.7 Å². The molecular formula is C15H20N2O4S. The molecule has 0 saturated carbocycles. The molecule has 0 saturated heterocycles. The average Bonchev–Trinajstić information content (AvgIpc) is 2.78. The summed E-state index contributed by atoms with van der Waals surface area (Å²) < 4.78 is 27.6. The van der Waals surface area contributed by atoms with E-state index in [9.17, 15) is 13.2 Å². The Morgan fingerprint density at radius 3 is 2.68 bits per heavy atom. The molecule has 0 spiro atoms. The zero-order valence-electron chi connectivity index (χ0n) is 12.9. The highest BCUT2D eigenvalue weighted by molar-refractivity contribution is 7.91. The Hall–Kier alpha value is -1.86. The van der Waals surface area contributed by atoms with Crippen molar-refractivity contribution in [1.29, 1.82) is 0 Å². The fourth-order valence-electron chi connectivity index (χ4n) is 2.21. The Balaban J connectivity index is 2.29. The van der Waals surface area contributed by atoms with Gasteiger partial charge in [0.05, 0.1) is 0 Å². The number of nitrogens with zero attached hydrogens (tertiary/aromatic N) is 1. The number of carbonyl (C=O) groups is 1. The highest BCUT2D eigenvalue weighted by Gasteiger charge is 2.16. The van der Waals surface area contributed by atoms with E-state index >= 15 is 0 Å².